The van der Waals surface area contributed by atoms with E-state index in [9.17, 15) is 19.1 Å². The number of para-hydroxylation sites is 1. The molecule has 0 saturated carbocycles. The van der Waals surface area contributed by atoms with Crippen LogP contribution in [0.3, 0.4) is 0 Å². The lowest BCUT2D eigenvalue weighted by molar-refractivity contribution is -0.116. The molecule has 3 heterocycles. The maximum Gasteiger partial charge on any atom is 0.335 e. The van der Waals surface area contributed by atoms with Crippen molar-refractivity contribution in [2.75, 3.05) is 11.9 Å². The zero-order chi connectivity index (χ0) is 28.4. The summed E-state index contributed by atoms with van der Waals surface area (Å²) in [5, 5.41) is 16.0. The topological polar surface area (TPSA) is 99.5 Å². The molecule has 2 aromatic carbocycles. The number of aromatic nitrogens is 2. The van der Waals surface area contributed by atoms with Crippen LogP contribution in [0.1, 0.15) is 51.5 Å². The van der Waals surface area contributed by atoms with Crippen molar-refractivity contribution in [3.05, 3.63) is 113 Å². The molecular weight excluding hydrogens is 529 g/mol. The first-order chi connectivity index (χ1) is 19.2. The fraction of sp³-hybridized carbons (Fsp3) is 0.200. The maximum absolute atomic E-state index is 14.1. The zero-order valence-electron chi connectivity index (χ0n) is 22.0. The molecule has 1 aliphatic rings. The lowest BCUT2D eigenvalue weighted by Gasteiger charge is -2.28. The molecule has 4 aromatic rings. The predicted octanol–water partition coefficient (Wildman–Crippen LogP) is 5.33. The van der Waals surface area contributed by atoms with Gasteiger partial charge in [0, 0.05) is 36.2 Å². The molecule has 0 spiro atoms. The number of pyridine rings is 1. The molecule has 5 rings (SSSR count). The normalized spacial score (nSPS) is 16.6. The van der Waals surface area contributed by atoms with Gasteiger partial charge in [-0.3, -0.25) is 9.78 Å². The lowest BCUT2D eigenvalue weighted by atomic mass is 9.96. The molecule has 1 amide bonds. The van der Waals surface area contributed by atoms with Crippen molar-refractivity contribution < 1.29 is 19.1 Å². The van der Waals surface area contributed by atoms with Crippen molar-refractivity contribution in [1.82, 2.24) is 19.8 Å². The standard InChI is InChI=1S/C30H28FN5O3S/c1-18-16-22(19(2)36(18)21-9-7-8-20(17-21)29(38)39)28-27(25-12-5-6-14-32-25)34-30(40)35(28)15-13-26(37)33-24-11-4-3-10-23(24)31/h3-12,14,16-17,27-28H,13,15H2,1-2H3,(H,33,37)(H,34,40)(H,38,39). The third kappa shape index (κ3) is 5.30. The number of aryl methyl sites for hydroxylation is 1. The quantitative estimate of drug-likeness (QED) is 0.252. The Kier molecular flexibility index (Phi) is 7.61. The zero-order valence-corrected chi connectivity index (χ0v) is 22.8. The third-order valence-corrected chi connectivity index (χ3v) is 7.42. The number of carboxylic acid groups (broad SMARTS) is 1. The monoisotopic (exact) mass is 557 g/mol. The van der Waals surface area contributed by atoms with Gasteiger partial charge < -0.3 is 25.2 Å². The Balaban J connectivity index is 1.49. The summed E-state index contributed by atoms with van der Waals surface area (Å²) < 4.78 is 16.1. The smallest absolute Gasteiger partial charge is 0.335 e. The van der Waals surface area contributed by atoms with Gasteiger partial charge >= 0.3 is 5.97 Å². The van der Waals surface area contributed by atoms with Gasteiger partial charge in [0.2, 0.25) is 5.91 Å². The molecule has 10 heteroatoms. The van der Waals surface area contributed by atoms with Crippen LogP contribution in [0, 0.1) is 19.7 Å². The van der Waals surface area contributed by atoms with Crippen molar-refractivity contribution in [1.29, 1.82) is 0 Å². The third-order valence-electron chi connectivity index (χ3n) is 7.07. The molecule has 2 atom stereocenters. The summed E-state index contributed by atoms with van der Waals surface area (Å²) in [6.07, 6.45) is 1.81. The molecule has 0 radical (unpaired) electrons. The van der Waals surface area contributed by atoms with E-state index >= 15 is 0 Å². The van der Waals surface area contributed by atoms with Crippen LogP contribution in [-0.4, -0.2) is 43.1 Å². The van der Waals surface area contributed by atoms with Gasteiger partial charge in [-0.05, 0) is 80.2 Å². The molecule has 204 valence electrons. The van der Waals surface area contributed by atoms with Gasteiger partial charge in [-0.25, -0.2) is 9.18 Å². The Hall–Kier alpha value is -4.57. The van der Waals surface area contributed by atoms with E-state index in [2.05, 4.69) is 21.7 Å². The van der Waals surface area contributed by atoms with Crippen molar-refractivity contribution in [2.45, 2.75) is 32.4 Å². The van der Waals surface area contributed by atoms with Crippen LogP contribution < -0.4 is 10.6 Å². The number of hydrogen-bond acceptors (Lipinski definition) is 4. The first-order valence-corrected chi connectivity index (χ1v) is 13.2. The van der Waals surface area contributed by atoms with Gasteiger partial charge in [0.25, 0.3) is 0 Å². The SMILES string of the molecule is Cc1cc(C2C(c3ccccn3)NC(=S)N2CCC(=O)Nc2ccccc2F)c(C)n1-c1cccc(C(=O)O)c1. The number of benzene rings is 2. The summed E-state index contributed by atoms with van der Waals surface area (Å²) in [7, 11) is 0. The van der Waals surface area contributed by atoms with Crippen LogP contribution in [-0.2, 0) is 4.79 Å². The van der Waals surface area contributed by atoms with E-state index in [1.807, 2.05) is 47.6 Å². The molecule has 8 nitrogen and oxygen atoms in total. The van der Waals surface area contributed by atoms with Crippen molar-refractivity contribution in [3.8, 4) is 5.69 Å². The fourth-order valence-electron chi connectivity index (χ4n) is 5.24. The van der Waals surface area contributed by atoms with Gasteiger partial charge in [-0.1, -0.05) is 24.3 Å². The summed E-state index contributed by atoms with van der Waals surface area (Å²) in [4.78, 5) is 30.9. The highest BCUT2D eigenvalue weighted by Crippen LogP contribution is 2.41. The van der Waals surface area contributed by atoms with Crippen LogP contribution >= 0.6 is 12.2 Å². The van der Waals surface area contributed by atoms with E-state index in [4.69, 9.17) is 12.2 Å². The highest BCUT2D eigenvalue weighted by Gasteiger charge is 2.41. The summed E-state index contributed by atoms with van der Waals surface area (Å²) in [6, 6.07) is 20.0. The number of carboxylic acids is 1. The Morgan fingerprint density at radius 2 is 1.85 bits per heavy atom. The van der Waals surface area contributed by atoms with E-state index in [-0.39, 0.29) is 42.2 Å². The molecule has 1 saturated heterocycles. The maximum atomic E-state index is 14.1. The number of thiocarbonyl (C=S) groups is 1. The van der Waals surface area contributed by atoms with E-state index in [1.165, 1.54) is 12.1 Å². The number of halogens is 1. The summed E-state index contributed by atoms with van der Waals surface area (Å²) in [5.74, 6) is -1.82. The van der Waals surface area contributed by atoms with E-state index in [0.717, 1.165) is 28.3 Å². The van der Waals surface area contributed by atoms with E-state index in [1.54, 1.807) is 36.5 Å². The fourth-order valence-corrected chi connectivity index (χ4v) is 5.58. The Labute approximate surface area is 236 Å². The minimum Gasteiger partial charge on any atom is -0.478 e. The average Bonchev–Trinajstić information content (AvgIpc) is 3.43. The Morgan fingerprint density at radius 3 is 2.58 bits per heavy atom. The van der Waals surface area contributed by atoms with Crippen molar-refractivity contribution >= 4 is 34.9 Å². The molecule has 3 N–H and O–H groups in total. The number of nitrogens with zero attached hydrogens (tertiary/aromatic N) is 3. The molecule has 1 fully saturated rings. The van der Waals surface area contributed by atoms with Crippen LogP contribution in [0.25, 0.3) is 5.69 Å². The molecule has 0 aliphatic carbocycles. The van der Waals surface area contributed by atoms with Crippen molar-refractivity contribution in [3.63, 3.8) is 0 Å². The molecule has 2 aromatic heterocycles. The van der Waals surface area contributed by atoms with Crippen LogP contribution in [0.5, 0.6) is 0 Å². The van der Waals surface area contributed by atoms with Gasteiger partial charge in [0.15, 0.2) is 5.11 Å². The highest BCUT2D eigenvalue weighted by molar-refractivity contribution is 7.80. The number of aromatic carboxylic acids is 1. The number of carbonyl (C=O) groups excluding carboxylic acids is 1. The first kappa shape index (κ1) is 27.0. The van der Waals surface area contributed by atoms with Crippen molar-refractivity contribution in [2.24, 2.45) is 0 Å². The summed E-state index contributed by atoms with van der Waals surface area (Å²) in [6.45, 7) is 4.24. The van der Waals surface area contributed by atoms with Gasteiger partial charge in [0.05, 0.1) is 29.0 Å². The summed E-state index contributed by atoms with van der Waals surface area (Å²) in [5.41, 5.74) is 4.67. The average molecular weight is 558 g/mol. The van der Waals surface area contributed by atoms with Gasteiger partial charge in [0.1, 0.15) is 5.82 Å². The van der Waals surface area contributed by atoms with Crippen LogP contribution in [0.4, 0.5) is 10.1 Å². The Morgan fingerprint density at radius 1 is 1.07 bits per heavy atom. The van der Waals surface area contributed by atoms with Gasteiger partial charge in [-0.2, -0.15) is 0 Å². The molecule has 2 unspecified atom stereocenters. The second kappa shape index (κ2) is 11.3. The second-order valence-electron chi connectivity index (χ2n) is 9.62. The summed E-state index contributed by atoms with van der Waals surface area (Å²) >= 11 is 5.74. The van der Waals surface area contributed by atoms with Crippen LogP contribution in [0.15, 0.2) is 79.0 Å². The number of anilines is 1. The van der Waals surface area contributed by atoms with Gasteiger partial charge in [-0.15, -0.1) is 0 Å². The highest BCUT2D eigenvalue weighted by atomic mass is 32.1. The molecule has 40 heavy (non-hydrogen) atoms. The number of carbonyl (C=O) groups is 2. The van der Waals surface area contributed by atoms with Crippen LogP contribution in [0.2, 0.25) is 0 Å². The first-order valence-electron chi connectivity index (χ1n) is 12.8. The predicted molar refractivity (Wildman–Crippen MR) is 154 cm³/mol. The molecule has 0 bridgehead atoms. The minimum atomic E-state index is -0.995. The van der Waals surface area contributed by atoms with E-state index < -0.39 is 11.8 Å². The largest absolute Gasteiger partial charge is 0.478 e. The van der Waals surface area contributed by atoms with E-state index in [0.29, 0.717) is 5.11 Å². The second-order valence-corrected chi connectivity index (χ2v) is 10.0. The minimum absolute atomic E-state index is 0.0843. The number of hydrogen-bond donors (Lipinski definition) is 3. The molecular formula is C30H28FN5O3S. The lowest BCUT2D eigenvalue weighted by Crippen LogP contribution is -2.33. The Bertz CT molecular complexity index is 1590. The number of rotatable bonds is 8. The molecule has 1 aliphatic heterocycles. The number of amides is 1. The number of nitrogens with one attached hydrogen (secondary N) is 2.